The van der Waals surface area contributed by atoms with Crippen molar-refractivity contribution < 1.29 is 22.4 Å². The summed E-state index contributed by atoms with van der Waals surface area (Å²) in [5, 5.41) is 4.30. The van der Waals surface area contributed by atoms with Crippen molar-refractivity contribution in [1.82, 2.24) is 14.8 Å². The molecule has 0 aliphatic carbocycles. The van der Waals surface area contributed by atoms with Crippen LogP contribution in [0.2, 0.25) is 0 Å². The molecule has 0 saturated heterocycles. The third-order valence-electron chi connectivity index (χ3n) is 4.88. The van der Waals surface area contributed by atoms with Gasteiger partial charge in [0, 0.05) is 29.7 Å². The fraction of sp³-hybridized carbons (Fsp3) is 0.250. The zero-order valence-corrected chi connectivity index (χ0v) is 15.5. The number of hydrogen-bond acceptors (Lipinski definition) is 3. The lowest BCUT2D eigenvalue weighted by Crippen LogP contribution is -2.43. The number of rotatable bonds is 2. The molecule has 1 aliphatic rings. The Balaban J connectivity index is 1.81. The normalized spacial score (nSPS) is 16.8. The van der Waals surface area contributed by atoms with E-state index in [4.69, 9.17) is 0 Å². The molecule has 0 spiro atoms. The van der Waals surface area contributed by atoms with Crippen LogP contribution in [0.3, 0.4) is 0 Å². The van der Waals surface area contributed by atoms with Crippen LogP contribution in [0.25, 0.3) is 11.1 Å². The van der Waals surface area contributed by atoms with Gasteiger partial charge in [-0.2, -0.15) is 18.3 Å². The third kappa shape index (κ3) is 3.26. The number of aromatic nitrogens is 3. The zero-order chi connectivity index (χ0) is 20.9. The van der Waals surface area contributed by atoms with Gasteiger partial charge in [0.1, 0.15) is 11.5 Å². The number of carbonyl (C=O) groups is 1. The van der Waals surface area contributed by atoms with Gasteiger partial charge in [-0.1, -0.05) is 0 Å². The molecule has 0 radical (unpaired) electrons. The molecular formula is C20H16F4N4O. The summed E-state index contributed by atoms with van der Waals surface area (Å²) in [4.78, 5) is 18.6. The van der Waals surface area contributed by atoms with Crippen LogP contribution >= 0.6 is 0 Å². The van der Waals surface area contributed by atoms with E-state index in [-0.39, 0.29) is 24.0 Å². The molecule has 1 aromatic carbocycles. The van der Waals surface area contributed by atoms with Crippen molar-refractivity contribution in [1.29, 1.82) is 0 Å². The number of hydrogen-bond donors (Lipinski definition) is 0. The second-order valence-corrected chi connectivity index (χ2v) is 6.96. The van der Waals surface area contributed by atoms with Crippen molar-refractivity contribution in [3.05, 3.63) is 65.5 Å². The Morgan fingerprint density at radius 3 is 2.62 bits per heavy atom. The highest BCUT2D eigenvalue weighted by Crippen LogP contribution is 2.37. The van der Waals surface area contributed by atoms with Crippen molar-refractivity contribution in [2.45, 2.75) is 26.1 Å². The number of carbonyl (C=O) groups excluding carboxylic acids is 1. The number of amides is 1. The molecule has 3 heterocycles. The number of fused-ring (bicyclic) bond motifs is 1. The molecule has 1 aliphatic heterocycles. The molecule has 0 saturated carbocycles. The third-order valence-corrected chi connectivity index (χ3v) is 4.88. The molecule has 5 nitrogen and oxygen atoms in total. The molecule has 150 valence electrons. The van der Waals surface area contributed by atoms with Crippen molar-refractivity contribution in [2.75, 3.05) is 11.4 Å². The highest BCUT2D eigenvalue weighted by molar-refractivity contribution is 6.09. The van der Waals surface area contributed by atoms with E-state index < -0.39 is 23.5 Å². The highest BCUT2D eigenvalue weighted by atomic mass is 19.4. The van der Waals surface area contributed by atoms with Gasteiger partial charge >= 0.3 is 6.18 Å². The minimum Gasteiger partial charge on any atom is -0.305 e. The van der Waals surface area contributed by atoms with Gasteiger partial charge < -0.3 is 4.90 Å². The number of halogens is 4. The van der Waals surface area contributed by atoms with Crippen LogP contribution in [-0.4, -0.2) is 27.2 Å². The summed E-state index contributed by atoms with van der Waals surface area (Å²) >= 11 is 0. The molecule has 2 aromatic heterocycles. The molecule has 9 heteroatoms. The van der Waals surface area contributed by atoms with Gasteiger partial charge in [-0.15, -0.1) is 0 Å². The lowest BCUT2D eigenvalue weighted by atomic mass is 10.0. The van der Waals surface area contributed by atoms with Crippen LogP contribution in [0, 0.1) is 12.7 Å². The Kier molecular flexibility index (Phi) is 4.40. The summed E-state index contributed by atoms with van der Waals surface area (Å²) in [5.74, 6) is -1.87. The Bertz CT molecular complexity index is 1110. The topological polar surface area (TPSA) is 51.0 Å². The average Bonchev–Trinajstić information content (AvgIpc) is 3.10. The van der Waals surface area contributed by atoms with Crippen LogP contribution in [0.15, 0.2) is 42.7 Å². The minimum absolute atomic E-state index is 0.0140. The molecule has 29 heavy (non-hydrogen) atoms. The fourth-order valence-corrected chi connectivity index (χ4v) is 3.51. The predicted octanol–water partition coefficient (Wildman–Crippen LogP) is 4.63. The number of aryl methyl sites for hydroxylation is 1. The summed E-state index contributed by atoms with van der Waals surface area (Å²) in [6.45, 7) is 3.74. The standard InChI is InChI=1S/C20H16F4N4O/c1-11-7-13(5-6-25-11)15-9-26-28-12(2)10-27(19(29)18(15)28)14-3-4-17(21)16(8-14)20(22,23)24/h3-9,12H,10H2,1-2H3/t12-/m0/s1. The summed E-state index contributed by atoms with van der Waals surface area (Å²) in [5.41, 5.74) is 0.905. The van der Waals surface area contributed by atoms with Crippen LogP contribution < -0.4 is 4.90 Å². The number of anilines is 1. The van der Waals surface area contributed by atoms with Crippen molar-refractivity contribution in [2.24, 2.45) is 0 Å². The SMILES string of the molecule is Cc1cc(-c2cnn3c2C(=O)N(c2ccc(F)c(C(F)(F)F)c2)C[C@@H]3C)ccn1. The van der Waals surface area contributed by atoms with E-state index in [1.165, 1.54) is 11.0 Å². The van der Waals surface area contributed by atoms with Gasteiger partial charge in [0.05, 0.1) is 17.8 Å². The molecule has 1 amide bonds. The van der Waals surface area contributed by atoms with Crippen molar-refractivity contribution in [3.8, 4) is 11.1 Å². The Hall–Kier alpha value is -3.23. The molecule has 4 rings (SSSR count). The monoisotopic (exact) mass is 404 g/mol. The van der Waals surface area contributed by atoms with Gasteiger partial charge in [0.25, 0.3) is 5.91 Å². The average molecular weight is 404 g/mol. The second kappa shape index (κ2) is 6.68. The first-order chi connectivity index (χ1) is 13.7. The van der Waals surface area contributed by atoms with E-state index in [0.29, 0.717) is 11.6 Å². The van der Waals surface area contributed by atoms with Crippen molar-refractivity contribution in [3.63, 3.8) is 0 Å². The molecular weight excluding hydrogens is 388 g/mol. The quantitative estimate of drug-likeness (QED) is 0.585. The van der Waals surface area contributed by atoms with Crippen LogP contribution in [0.5, 0.6) is 0 Å². The minimum atomic E-state index is -4.86. The van der Waals surface area contributed by atoms with Crippen molar-refractivity contribution >= 4 is 11.6 Å². The summed E-state index contributed by atoms with van der Waals surface area (Å²) < 4.78 is 54.6. The predicted molar refractivity (Wildman–Crippen MR) is 98.0 cm³/mol. The lowest BCUT2D eigenvalue weighted by Gasteiger charge is -2.32. The Labute approximate surface area is 163 Å². The molecule has 1 atom stereocenters. The van der Waals surface area contributed by atoms with Crippen LogP contribution in [0.4, 0.5) is 23.2 Å². The van der Waals surface area contributed by atoms with E-state index in [1.807, 2.05) is 13.8 Å². The van der Waals surface area contributed by atoms with Gasteiger partial charge in [0.2, 0.25) is 0 Å². The maximum absolute atomic E-state index is 13.7. The molecule has 0 fully saturated rings. The number of pyridine rings is 1. The van der Waals surface area contributed by atoms with E-state index in [1.54, 1.807) is 29.2 Å². The smallest absolute Gasteiger partial charge is 0.305 e. The van der Waals surface area contributed by atoms with E-state index in [0.717, 1.165) is 17.3 Å². The highest BCUT2D eigenvalue weighted by Gasteiger charge is 2.37. The van der Waals surface area contributed by atoms with Gasteiger partial charge in [-0.3, -0.25) is 14.5 Å². The maximum Gasteiger partial charge on any atom is 0.419 e. The van der Waals surface area contributed by atoms with E-state index >= 15 is 0 Å². The zero-order valence-electron chi connectivity index (χ0n) is 15.5. The molecule has 0 N–H and O–H groups in total. The molecule has 3 aromatic rings. The summed E-state index contributed by atoms with van der Waals surface area (Å²) in [6, 6.07) is 5.84. The fourth-order valence-electron chi connectivity index (χ4n) is 3.51. The van der Waals surface area contributed by atoms with E-state index in [9.17, 15) is 22.4 Å². The second-order valence-electron chi connectivity index (χ2n) is 6.96. The molecule has 0 unspecified atom stereocenters. The summed E-state index contributed by atoms with van der Waals surface area (Å²) in [6.07, 6.45) is -1.68. The maximum atomic E-state index is 13.7. The van der Waals surface area contributed by atoms with Crippen LogP contribution in [0.1, 0.15) is 34.7 Å². The largest absolute Gasteiger partial charge is 0.419 e. The number of nitrogens with zero attached hydrogens (tertiary/aromatic N) is 4. The Morgan fingerprint density at radius 1 is 1.17 bits per heavy atom. The van der Waals surface area contributed by atoms with Crippen LogP contribution in [-0.2, 0) is 6.18 Å². The van der Waals surface area contributed by atoms with E-state index in [2.05, 4.69) is 10.1 Å². The summed E-state index contributed by atoms with van der Waals surface area (Å²) in [7, 11) is 0. The van der Waals surface area contributed by atoms with Gasteiger partial charge in [-0.25, -0.2) is 4.39 Å². The number of alkyl halides is 3. The molecule has 0 bridgehead atoms. The van der Waals surface area contributed by atoms with Gasteiger partial charge in [-0.05, 0) is 49.7 Å². The number of benzene rings is 1. The van der Waals surface area contributed by atoms with Gasteiger partial charge in [0.15, 0.2) is 0 Å². The first kappa shape index (κ1) is 19.1. The first-order valence-electron chi connectivity index (χ1n) is 8.86. The first-order valence-corrected chi connectivity index (χ1v) is 8.86. The lowest BCUT2D eigenvalue weighted by molar-refractivity contribution is -0.139. The Morgan fingerprint density at radius 2 is 1.93 bits per heavy atom.